The average molecular weight is 543 g/mol. The molecule has 9 heteroatoms. The summed E-state index contributed by atoms with van der Waals surface area (Å²) in [5, 5.41) is 8.65. The van der Waals surface area contributed by atoms with E-state index in [4.69, 9.17) is 4.74 Å². The highest BCUT2D eigenvalue weighted by Gasteiger charge is 2.52. The third-order valence-corrected chi connectivity index (χ3v) is 7.27. The van der Waals surface area contributed by atoms with Crippen LogP contribution in [0.15, 0.2) is 30.3 Å². The summed E-state index contributed by atoms with van der Waals surface area (Å²) in [6, 6.07) is 8.19. The lowest BCUT2D eigenvalue weighted by atomic mass is 10.0. The maximum atomic E-state index is 13.7. The molecule has 3 rings (SSSR count). The molecule has 9 nitrogen and oxygen atoms in total. The molecule has 1 saturated carbocycles. The zero-order valence-corrected chi connectivity index (χ0v) is 24.0. The van der Waals surface area contributed by atoms with Gasteiger partial charge in [0.25, 0.3) is 0 Å². The van der Waals surface area contributed by atoms with Crippen molar-refractivity contribution in [3.05, 3.63) is 35.9 Å². The summed E-state index contributed by atoms with van der Waals surface area (Å²) in [5.74, 6) is -0.785. The molecule has 4 amide bonds. The molecule has 0 spiro atoms. The highest BCUT2D eigenvalue weighted by atomic mass is 16.6. The van der Waals surface area contributed by atoms with Gasteiger partial charge < -0.3 is 25.6 Å². The summed E-state index contributed by atoms with van der Waals surface area (Å²) in [7, 11) is 0. The quantitative estimate of drug-likeness (QED) is 0.323. The molecule has 3 N–H and O–H groups in total. The molecule has 1 heterocycles. The third-order valence-electron chi connectivity index (χ3n) is 7.27. The topological polar surface area (TPSA) is 117 Å². The Morgan fingerprint density at radius 1 is 1.05 bits per heavy atom. The molecular weight excluding hydrogens is 496 g/mol. The van der Waals surface area contributed by atoms with Crippen molar-refractivity contribution in [2.75, 3.05) is 6.54 Å². The van der Waals surface area contributed by atoms with E-state index < -0.39 is 29.3 Å². The number of nitrogens with one attached hydrogen (secondary N) is 3. The fraction of sp³-hybridized carbons (Fsp3) is 0.667. The van der Waals surface area contributed by atoms with E-state index >= 15 is 0 Å². The van der Waals surface area contributed by atoms with Gasteiger partial charge >= 0.3 is 6.09 Å². The van der Waals surface area contributed by atoms with Crippen LogP contribution in [0.4, 0.5) is 4.79 Å². The number of likely N-dealkylation sites (tertiary alicyclic amines) is 1. The number of amides is 4. The van der Waals surface area contributed by atoms with Gasteiger partial charge in [-0.05, 0) is 58.4 Å². The minimum atomic E-state index is -0.920. The molecule has 2 fully saturated rings. The van der Waals surface area contributed by atoms with Crippen LogP contribution < -0.4 is 16.0 Å². The van der Waals surface area contributed by atoms with Gasteiger partial charge in [-0.15, -0.1) is 0 Å². The number of nitrogens with zero attached hydrogens (tertiary/aromatic N) is 1. The fourth-order valence-corrected chi connectivity index (χ4v) is 4.96. The molecule has 2 atom stereocenters. The molecule has 1 aromatic carbocycles. The standard InChI is InChI=1S/C30H46N4O5/c1-5-6-7-8-12-16-23(32-28(38)39-29(2,3)4)26(36)34-20-13-17-24(34)25(35)33-30(18-19-30)27(37)31-21-22-14-10-9-11-15-22/h9-11,14-15,23-24H,5-8,12-13,16-21H2,1-4H3,(H,31,37)(H,32,38)(H,33,35)/t23-,24-/m0/s1. The zero-order valence-electron chi connectivity index (χ0n) is 24.0. The predicted octanol–water partition coefficient (Wildman–Crippen LogP) is 4.20. The number of benzene rings is 1. The van der Waals surface area contributed by atoms with E-state index in [1.165, 1.54) is 0 Å². The average Bonchev–Trinajstić information content (AvgIpc) is 3.49. The third kappa shape index (κ3) is 9.25. The number of unbranched alkanes of at least 4 members (excludes halogenated alkanes) is 4. The lowest BCUT2D eigenvalue weighted by Crippen LogP contribution is -2.57. The van der Waals surface area contributed by atoms with E-state index in [1.54, 1.807) is 25.7 Å². The maximum Gasteiger partial charge on any atom is 0.408 e. The molecule has 1 aromatic rings. The van der Waals surface area contributed by atoms with Gasteiger partial charge in [-0.25, -0.2) is 4.79 Å². The number of ether oxygens (including phenoxy) is 1. The number of carbonyl (C=O) groups is 4. The lowest BCUT2D eigenvalue weighted by Gasteiger charge is -2.30. The van der Waals surface area contributed by atoms with Crippen LogP contribution >= 0.6 is 0 Å². The van der Waals surface area contributed by atoms with Crippen LogP contribution in [0.1, 0.15) is 97.5 Å². The first-order valence-electron chi connectivity index (χ1n) is 14.5. The van der Waals surface area contributed by atoms with E-state index in [0.29, 0.717) is 45.2 Å². The Balaban J connectivity index is 1.61. The Morgan fingerprint density at radius 3 is 2.38 bits per heavy atom. The van der Waals surface area contributed by atoms with Crippen molar-refractivity contribution < 1.29 is 23.9 Å². The molecule has 0 aromatic heterocycles. The van der Waals surface area contributed by atoms with Crippen molar-refractivity contribution in [2.24, 2.45) is 0 Å². The zero-order chi connectivity index (χ0) is 28.5. The molecule has 0 unspecified atom stereocenters. The van der Waals surface area contributed by atoms with Crippen molar-refractivity contribution in [2.45, 2.75) is 122 Å². The molecule has 0 radical (unpaired) electrons. The van der Waals surface area contributed by atoms with Gasteiger partial charge in [-0.1, -0.05) is 69.4 Å². The molecular formula is C30H46N4O5. The summed E-state index contributed by atoms with van der Waals surface area (Å²) in [5.41, 5.74) is -0.621. The van der Waals surface area contributed by atoms with E-state index in [-0.39, 0.29) is 17.7 Å². The normalized spacial score (nSPS) is 18.7. The van der Waals surface area contributed by atoms with E-state index in [2.05, 4.69) is 22.9 Å². The van der Waals surface area contributed by atoms with Gasteiger partial charge in [0, 0.05) is 13.1 Å². The largest absolute Gasteiger partial charge is 0.444 e. The molecule has 1 saturated heterocycles. The van der Waals surface area contributed by atoms with Gasteiger partial charge in [0.1, 0.15) is 23.2 Å². The number of alkyl carbamates (subject to hydrolysis) is 1. The number of hydrogen-bond acceptors (Lipinski definition) is 5. The van der Waals surface area contributed by atoms with Crippen LogP contribution in [0.5, 0.6) is 0 Å². The highest BCUT2D eigenvalue weighted by molar-refractivity contribution is 5.97. The molecule has 216 valence electrons. The van der Waals surface area contributed by atoms with Crippen molar-refractivity contribution >= 4 is 23.8 Å². The first-order valence-corrected chi connectivity index (χ1v) is 14.5. The second-order valence-electron chi connectivity index (χ2n) is 11.8. The van der Waals surface area contributed by atoms with Crippen molar-refractivity contribution in [3.63, 3.8) is 0 Å². The molecule has 1 aliphatic carbocycles. The first-order chi connectivity index (χ1) is 18.5. The Hall–Kier alpha value is -3.10. The Morgan fingerprint density at radius 2 is 1.74 bits per heavy atom. The summed E-state index contributed by atoms with van der Waals surface area (Å²) >= 11 is 0. The second kappa shape index (κ2) is 13.8. The lowest BCUT2D eigenvalue weighted by molar-refractivity contribution is -0.141. The van der Waals surface area contributed by atoms with Gasteiger partial charge in [0.15, 0.2) is 0 Å². The van der Waals surface area contributed by atoms with E-state index in [9.17, 15) is 19.2 Å². The van der Waals surface area contributed by atoms with Gasteiger partial charge in [-0.2, -0.15) is 0 Å². The summed E-state index contributed by atoms with van der Waals surface area (Å²) in [4.78, 5) is 54.1. The summed E-state index contributed by atoms with van der Waals surface area (Å²) in [6.07, 6.45) is 7.29. The van der Waals surface area contributed by atoms with Gasteiger partial charge in [0.05, 0.1) is 0 Å². The molecule has 1 aliphatic heterocycles. The molecule has 0 bridgehead atoms. The van der Waals surface area contributed by atoms with Crippen molar-refractivity contribution in [1.29, 1.82) is 0 Å². The summed E-state index contributed by atoms with van der Waals surface area (Å²) in [6.45, 7) is 8.30. The smallest absolute Gasteiger partial charge is 0.408 e. The van der Waals surface area contributed by atoms with Crippen LogP contribution in [0, 0.1) is 0 Å². The first kappa shape index (κ1) is 30.4. The molecule has 2 aliphatic rings. The van der Waals surface area contributed by atoms with Crippen LogP contribution in [-0.2, 0) is 25.7 Å². The van der Waals surface area contributed by atoms with Crippen LogP contribution in [0.25, 0.3) is 0 Å². The molecule has 39 heavy (non-hydrogen) atoms. The Kier molecular flexibility index (Phi) is 10.8. The Labute approximate surface area is 232 Å². The Bertz CT molecular complexity index is 987. The highest BCUT2D eigenvalue weighted by Crippen LogP contribution is 2.36. The SMILES string of the molecule is CCCCCCC[C@H](NC(=O)OC(C)(C)C)C(=O)N1CCC[C@H]1C(=O)NC1(C(=O)NCc2ccccc2)CC1. The minimum Gasteiger partial charge on any atom is -0.444 e. The van der Waals surface area contributed by atoms with E-state index in [0.717, 1.165) is 37.7 Å². The second-order valence-corrected chi connectivity index (χ2v) is 11.8. The van der Waals surface area contributed by atoms with Crippen LogP contribution in [-0.4, -0.2) is 58.5 Å². The van der Waals surface area contributed by atoms with Crippen molar-refractivity contribution in [3.8, 4) is 0 Å². The predicted molar refractivity (Wildman–Crippen MR) is 150 cm³/mol. The number of carbonyl (C=O) groups excluding carboxylic acids is 4. The number of rotatable bonds is 13. The van der Waals surface area contributed by atoms with E-state index in [1.807, 2.05) is 30.3 Å². The summed E-state index contributed by atoms with van der Waals surface area (Å²) < 4.78 is 5.41. The number of hydrogen-bond donors (Lipinski definition) is 3. The minimum absolute atomic E-state index is 0.202. The van der Waals surface area contributed by atoms with Gasteiger partial charge in [0.2, 0.25) is 17.7 Å². The van der Waals surface area contributed by atoms with Crippen molar-refractivity contribution in [1.82, 2.24) is 20.9 Å². The van der Waals surface area contributed by atoms with Crippen LogP contribution in [0.2, 0.25) is 0 Å². The van der Waals surface area contributed by atoms with Crippen LogP contribution in [0.3, 0.4) is 0 Å². The monoisotopic (exact) mass is 542 g/mol. The van der Waals surface area contributed by atoms with Gasteiger partial charge in [-0.3, -0.25) is 14.4 Å². The maximum absolute atomic E-state index is 13.7. The fourth-order valence-electron chi connectivity index (χ4n) is 4.96.